The van der Waals surface area contributed by atoms with E-state index in [0.29, 0.717) is 43.3 Å². The number of likely N-dealkylation sites (tertiary alicyclic amines) is 1. The van der Waals surface area contributed by atoms with Gasteiger partial charge in [-0.2, -0.15) is 0 Å². The molecule has 0 spiro atoms. The monoisotopic (exact) mass is 551 g/mol. The predicted octanol–water partition coefficient (Wildman–Crippen LogP) is 7.43. The van der Waals surface area contributed by atoms with Gasteiger partial charge in [0.2, 0.25) is 0 Å². The van der Waals surface area contributed by atoms with Crippen molar-refractivity contribution in [3.63, 3.8) is 0 Å². The van der Waals surface area contributed by atoms with Crippen molar-refractivity contribution in [2.75, 3.05) is 13.1 Å². The number of halogens is 3. The highest BCUT2D eigenvalue weighted by Crippen LogP contribution is 2.39. The van der Waals surface area contributed by atoms with Crippen molar-refractivity contribution in [2.45, 2.75) is 51.0 Å². The third-order valence-electron chi connectivity index (χ3n) is 7.28. The van der Waals surface area contributed by atoms with Gasteiger partial charge in [0.1, 0.15) is 11.5 Å². The Morgan fingerprint density at radius 3 is 2.54 bits per heavy atom. The number of ether oxygens (including phenoxy) is 1. The van der Waals surface area contributed by atoms with Crippen molar-refractivity contribution in [2.24, 2.45) is 5.92 Å². The number of pyridine rings is 2. The van der Waals surface area contributed by atoms with Crippen LogP contribution in [0.5, 0.6) is 11.5 Å². The van der Waals surface area contributed by atoms with Crippen LogP contribution in [0.25, 0.3) is 20.8 Å². The van der Waals surface area contributed by atoms with Gasteiger partial charge in [-0.05, 0) is 54.2 Å². The van der Waals surface area contributed by atoms with Gasteiger partial charge in [0.15, 0.2) is 11.6 Å². The summed E-state index contributed by atoms with van der Waals surface area (Å²) in [6.07, 6.45) is 6.23. The number of hydrogen-bond acceptors (Lipinski definition) is 6. The number of carbonyl (C=O) groups excluding carboxylic acids is 1. The summed E-state index contributed by atoms with van der Waals surface area (Å²) < 4.78 is 48.5. The molecule has 0 N–H and O–H groups in total. The van der Waals surface area contributed by atoms with Gasteiger partial charge < -0.3 is 4.74 Å². The molecule has 9 heteroatoms. The Kier molecular flexibility index (Phi) is 7.12. The summed E-state index contributed by atoms with van der Waals surface area (Å²) in [5, 5.41) is 0. The zero-order valence-corrected chi connectivity index (χ0v) is 22.2. The predicted molar refractivity (Wildman–Crippen MR) is 145 cm³/mol. The summed E-state index contributed by atoms with van der Waals surface area (Å²) in [5.41, 5.74) is 3.11. The smallest absolute Gasteiger partial charge is 0.250 e. The molecule has 0 unspecified atom stereocenters. The number of piperidine rings is 1. The van der Waals surface area contributed by atoms with E-state index in [1.165, 1.54) is 17.4 Å². The molecule has 2 fully saturated rings. The molecule has 1 aromatic carbocycles. The number of nitrogens with zero attached hydrogens (tertiary/aromatic N) is 3. The van der Waals surface area contributed by atoms with Gasteiger partial charge in [-0.25, -0.2) is 13.2 Å². The van der Waals surface area contributed by atoms with E-state index in [1.807, 2.05) is 23.1 Å². The molecule has 1 saturated heterocycles. The molecule has 1 aliphatic heterocycles. The van der Waals surface area contributed by atoms with Crippen LogP contribution < -0.4 is 4.74 Å². The summed E-state index contributed by atoms with van der Waals surface area (Å²) in [6, 6.07) is 12.2. The molecule has 2 aliphatic rings. The molecule has 0 atom stereocenters. The fraction of sp³-hybridized carbons (Fsp3) is 0.367. The first kappa shape index (κ1) is 26.0. The van der Waals surface area contributed by atoms with Crippen LogP contribution in [-0.2, 0) is 17.8 Å². The van der Waals surface area contributed by atoms with E-state index >= 15 is 0 Å². The molecule has 202 valence electrons. The molecule has 6 rings (SSSR count). The Labute approximate surface area is 228 Å². The number of thiophene rings is 1. The first-order valence-corrected chi connectivity index (χ1v) is 14.0. The molecular formula is C30H28F3N3O2S. The molecule has 0 radical (unpaired) electrons. The number of Topliss-reactive ketones (excluding diaryl/α,β-unsaturated/α-hetero) is 1. The maximum atomic E-state index is 14.9. The lowest BCUT2D eigenvalue weighted by molar-refractivity contribution is -0.118. The molecule has 5 nitrogen and oxygen atoms in total. The largest absolute Gasteiger partial charge is 0.453 e. The highest BCUT2D eigenvalue weighted by atomic mass is 32.1. The second-order valence-corrected chi connectivity index (χ2v) is 11.6. The van der Waals surface area contributed by atoms with Gasteiger partial charge in [-0.3, -0.25) is 19.7 Å². The Morgan fingerprint density at radius 2 is 1.82 bits per heavy atom. The second kappa shape index (κ2) is 10.7. The molecule has 1 aliphatic carbocycles. The Bertz CT molecular complexity index is 1490. The zero-order chi connectivity index (χ0) is 27.0. The van der Waals surface area contributed by atoms with Gasteiger partial charge in [-0.15, -0.1) is 11.3 Å². The van der Waals surface area contributed by atoms with E-state index in [0.717, 1.165) is 39.2 Å². The van der Waals surface area contributed by atoms with Crippen molar-refractivity contribution >= 4 is 27.3 Å². The third kappa shape index (κ3) is 6.31. The minimum Gasteiger partial charge on any atom is -0.453 e. The highest BCUT2D eigenvalue weighted by Gasteiger charge is 2.33. The molecule has 4 heterocycles. The maximum Gasteiger partial charge on any atom is 0.250 e. The molecule has 0 amide bonds. The van der Waals surface area contributed by atoms with Gasteiger partial charge in [-0.1, -0.05) is 12.1 Å². The fourth-order valence-electron chi connectivity index (χ4n) is 4.88. The third-order valence-corrected chi connectivity index (χ3v) is 8.44. The average Bonchev–Trinajstić information content (AvgIpc) is 3.61. The topological polar surface area (TPSA) is 55.3 Å². The second-order valence-electron chi connectivity index (χ2n) is 10.5. The van der Waals surface area contributed by atoms with E-state index in [4.69, 9.17) is 4.74 Å². The quantitative estimate of drug-likeness (QED) is 0.217. The molecule has 3 aromatic heterocycles. The number of hydrogen-bond donors (Lipinski definition) is 0. The fourth-order valence-corrected chi connectivity index (χ4v) is 5.92. The lowest BCUT2D eigenvalue weighted by Gasteiger charge is -2.31. The van der Waals surface area contributed by atoms with Gasteiger partial charge in [0, 0.05) is 63.8 Å². The van der Waals surface area contributed by atoms with Crippen molar-refractivity contribution in [1.82, 2.24) is 14.9 Å². The maximum absolute atomic E-state index is 14.9. The number of aromatic nitrogens is 2. The van der Waals surface area contributed by atoms with Crippen LogP contribution in [0.2, 0.25) is 0 Å². The molecule has 0 bridgehead atoms. The minimum atomic E-state index is -2.55. The van der Waals surface area contributed by atoms with Crippen LogP contribution in [0.3, 0.4) is 0 Å². The lowest BCUT2D eigenvalue weighted by atomic mass is 10.0. The lowest BCUT2D eigenvalue weighted by Crippen LogP contribution is -2.38. The number of ketones is 1. The summed E-state index contributed by atoms with van der Waals surface area (Å²) in [4.78, 5) is 24.1. The van der Waals surface area contributed by atoms with Crippen LogP contribution in [0.1, 0.15) is 43.2 Å². The number of carbonyl (C=O) groups is 1. The van der Waals surface area contributed by atoms with Crippen molar-refractivity contribution in [3.8, 4) is 22.1 Å². The Morgan fingerprint density at radius 1 is 1.03 bits per heavy atom. The number of fused-ring (bicyclic) bond motifs is 1. The average molecular weight is 552 g/mol. The highest BCUT2D eigenvalue weighted by molar-refractivity contribution is 7.22. The van der Waals surface area contributed by atoms with Crippen LogP contribution in [0, 0.1) is 11.7 Å². The van der Waals surface area contributed by atoms with Crippen molar-refractivity contribution in [3.05, 3.63) is 71.8 Å². The van der Waals surface area contributed by atoms with E-state index < -0.39 is 11.7 Å². The Hall–Kier alpha value is -3.30. The summed E-state index contributed by atoms with van der Waals surface area (Å²) in [7, 11) is 0. The molecule has 4 aromatic rings. The first-order valence-electron chi connectivity index (χ1n) is 13.2. The molecular weight excluding hydrogens is 523 g/mol. The van der Waals surface area contributed by atoms with Gasteiger partial charge >= 0.3 is 0 Å². The summed E-state index contributed by atoms with van der Waals surface area (Å²) in [5.74, 6) is -1.82. The van der Waals surface area contributed by atoms with E-state index in [2.05, 4.69) is 9.97 Å². The normalized spacial score (nSPS) is 17.4. The number of benzene rings is 1. The van der Waals surface area contributed by atoms with Crippen LogP contribution >= 0.6 is 11.3 Å². The zero-order valence-electron chi connectivity index (χ0n) is 21.3. The van der Waals surface area contributed by atoms with E-state index in [-0.39, 0.29) is 30.8 Å². The van der Waals surface area contributed by atoms with Crippen molar-refractivity contribution in [1.29, 1.82) is 0 Å². The van der Waals surface area contributed by atoms with E-state index in [9.17, 15) is 18.0 Å². The Balaban J connectivity index is 1.14. The van der Waals surface area contributed by atoms with Crippen LogP contribution in [0.15, 0.2) is 54.9 Å². The minimum absolute atomic E-state index is 0.0915. The molecule has 39 heavy (non-hydrogen) atoms. The molecule has 1 saturated carbocycles. The van der Waals surface area contributed by atoms with Crippen LogP contribution in [0.4, 0.5) is 13.2 Å². The van der Waals surface area contributed by atoms with Gasteiger partial charge in [0.25, 0.3) is 5.92 Å². The number of alkyl halides is 2. The summed E-state index contributed by atoms with van der Waals surface area (Å²) >= 11 is 1.46. The first-order chi connectivity index (χ1) is 18.8. The summed E-state index contributed by atoms with van der Waals surface area (Å²) in [6.45, 7) is 1.34. The van der Waals surface area contributed by atoms with E-state index in [1.54, 1.807) is 30.6 Å². The van der Waals surface area contributed by atoms with Crippen LogP contribution in [-0.4, -0.2) is 39.7 Å². The standard InChI is InChI=1S/C30H28F3N3O2S/c31-23-15-20(14-22(37)13-19-1-2-19)4-6-26(23)38-27-7-10-34-25-16-28(39-29(25)27)24-5-3-21(17-35-24)18-36-11-8-30(32,33)9-12-36/h3-7,10,15-17,19H,1-2,8-9,11-14,18H2. The number of rotatable bonds is 9. The van der Waals surface area contributed by atoms with Crippen molar-refractivity contribution < 1.29 is 22.7 Å². The van der Waals surface area contributed by atoms with Gasteiger partial charge in [0.05, 0.1) is 20.8 Å². The SMILES string of the molecule is O=C(Cc1ccc(Oc2ccnc3cc(-c4ccc(CN5CCC(F)(F)CC5)cn4)sc23)c(F)c1)CC1CC1.